The molecular weight excluding hydrogens is 358 g/mol. The second-order valence-electron chi connectivity index (χ2n) is 8.64. The van der Waals surface area contributed by atoms with Gasteiger partial charge in [-0.05, 0) is 62.0 Å². The van der Waals surface area contributed by atoms with E-state index in [9.17, 15) is 0 Å². The molecule has 5 nitrogen and oxygen atoms in total. The summed E-state index contributed by atoms with van der Waals surface area (Å²) < 4.78 is 2.09. The first-order chi connectivity index (χ1) is 14.3. The van der Waals surface area contributed by atoms with E-state index < -0.39 is 0 Å². The maximum atomic E-state index is 4.96. The summed E-state index contributed by atoms with van der Waals surface area (Å²) in [6.07, 6.45) is 9.94. The highest BCUT2D eigenvalue weighted by Crippen LogP contribution is 2.39. The van der Waals surface area contributed by atoms with Gasteiger partial charge in [-0.25, -0.2) is 0 Å². The largest absolute Gasteiger partial charge is 0.317 e. The molecule has 2 aliphatic rings. The Bertz CT molecular complexity index is 928. The molecule has 0 saturated carbocycles. The van der Waals surface area contributed by atoms with Gasteiger partial charge in [0, 0.05) is 42.8 Å². The van der Waals surface area contributed by atoms with Crippen molar-refractivity contribution in [2.75, 3.05) is 26.2 Å². The number of rotatable bonds is 5. The normalized spacial score (nSPS) is 19.0. The minimum atomic E-state index is 0.528. The van der Waals surface area contributed by atoms with Crippen molar-refractivity contribution in [1.29, 1.82) is 0 Å². The van der Waals surface area contributed by atoms with E-state index in [1.807, 2.05) is 18.5 Å². The lowest BCUT2D eigenvalue weighted by atomic mass is 9.78. The van der Waals surface area contributed by atoms with Gasteiger partial charge in [-0.15, -0.1) is 0 Å². The van der Waals surface area contributed by atoms with Crippen molar-refractivity contribution in [3.8, 4) is 11.3 Å². The minimum absolute atomic E-state index is 0.528. The molecule has 3 aromatic rings. The molecule has 150 valence electrons. The summed E-state index contributed by atoms with van der Waals surface area (Å²) in [7, 11) is 0. The van der Waals surface area contributed by atoms with Gasteiger partial charge < -0.3 is 5.32 Å². The lowest BCUT2D eigenvalue weighted by Crippen LogP contribution is -2.38. The molecule has 0 amide bonds. The number of nitrogens with zero attached hydrogens (tertiary/aromatic N) is 4. The molecule has 2 aliphatic heterocycles. The Morgan fingerprint density at radius 1 is 0.966 bits per heavy atom. The molecule has 1 aromatic carbocycles. The van der Waals surface area contributed by atoms with Gasteiger partial charge in [0.05, 0.1) is 12.2 Å². The van der Waals surface area contributed by atoms with Crippen LogP contribution < -0.4 is 5.32 Å². The predicted molar refractivity (Wildman–Crippen MR) is 115 cm³/mol. The number of benzene rings is 1. The van der Waals surface area contributed by atoms with E-state index in [-0.39, 0.29) is 0 Å². The Balaban J connectivity index is 1.39. The van der Waals surface area contributed by atoms with Crippen LogP contribution in [0.5, 0.6) is 0 Å². The van der Waals surface area contributed by atoms with Crippen molar-refractivity contribution in [2.45, 2.75) is 32.4 Å². The molecule has 5 rings (SSSR count). The topological polar surface area (TPSA) is 46.0 Å². The maximum Gasteiger partial charge on any atom is 0.0983 e. The van der Waals surface area contributed by atoms with Crippen LogP contribution in [0.3, 0.4) is 0 Å². The summed E-state index contributed by atoms with van der Waals surface area (Å²) in [5, 5.41) is 8.48. The zero-order valence-corrected chi connectivity index (χ0v) is 16.9. The van der Waals surface area contributed by atoms with Crippen molar-refractivity contribution in [3.05, 3.63) is 72.2 Å². The van der Waals surface area contributed by atoms with E-state index in [1.54, 1.807) is 0 Å². The molecule has 2 fully saturated rings. The number of hydrogen-bond acceptors (Lipinski definition) is 4. The molecule has 1 N–H and O–H groups in total. The van der Waals surface area contributed by atoms with Gasteiger partial charge in [0.2, 0.25) is 0 Å². The van der Waals surface area contributed by atoms with Crippen LogP contribution >= 0.6 is 0 Å². The number of pyridine rings is 1. The van der Waals surface area contributed by atoms with Crippen molar-refractivity contribution in [3.63, 3.8) is 0 Å². The van der Waals surface area contributed by atoms with E-state index in [0.29, 0.717) is 5.41 Å². The van der Waals surface area contributed by atoms with Crippen LogP contribution in [0.4, 0.5) is 0 Å². The van der Waals surface area contributed by atoms with E-state index in [2.05, 4.69) is 62.5 Å². The third-order valence-electron chi connectivity index (χ3n) is 6.54. The molecule has 4 heterocycles. The fraction of sp³-hybridized carbons (Fsp3) is 0.417. The van der Waals surface area contributed by atoms with Crippen molar-refractivity contribution in [1.82, 2.24) is 25.0 Å². The fourth-order valence-electron chi connectivity index (χ4n) is 4.94. The SMILES string of the molecule is c1ccc(Cn2cc(CN3CCC4(CCNCC4)C3)c(-c3cccnc3)n2)cc1. The molecule has 2 aromatic heterocycles. The van der Waals surface area contributed by atoms with Crippen LogP contribution in [-0.2, 0) is 13.1 Å². The minimum Gasteiger partial charge on any atom is -0.317 e. The van der Waals surface area contributed by atoms with E-state index in [1.165, 1.54) is 56.6 Å². The molecule has 0 aliphatic carbocycles. The fourth-order valence-corrected chi connectivity index (χ4v) is 4.94. The quantitative estimate of drug-likeness (QED) is 0.727. The number of nitrogens with one attached hydrogen (secondary N) is 1. The predicted octanol–water partition coefficient (Wildman–Crippen LogP) is 3.57. The van der Waals surface area contributed by atoms with Crippen molar-refractivity contribution < 1.29 is 0 Å². The third-order valence-corrected chi connectivity index (χ3v) is 6.54. The smallest absolute Gasteiger partial charge is 0.0983 e. The number of likely N-dealkylation sites (tertiary alicyclic amines) is 1. The zero-order valence-electron chi connectivity index (χ0n) is 16.9. The van der Waals surface area contributed by atoms with Gasteiger partial charge >= 0.3 is 0 Å². The van der Waals surface area contributed by atoms with Gasteiger partial charge in [0.1, 0.15) is 0 Å². The Morgan fingerprint density at radius 2 is 1.83 bits per heavy atom. The van der Waals surface area contributed by atoms with Crippen LogP contribution in [0, 0.1) is 5.41 Å². The van der Waals surface area contributed by atoms with Crippen molar-refractivity contribution in [2.24, 2.45) is 5.41 Å². The number of hydrogen-bond donors (Lipinski definition) is 1. The van der Waals surface area contributed by atoms with Crippen LogP contribution in [0.15, 0.2) is 61.1 Å². The second kappa shape index (κ2) is 8.09. The summed E-state index contributed by atoms with van der Waals surface area (Å²) in [5.74, 6) is 0. The molecule has 1 spiro atoms. The summed E-state index contributed by atoms with van der Waals surface area (Å²) in [6.45, 7) is 6.51. The average Bonchev–Trinajstić information content (AvgIpc) is 3.34. The van der Waals surface area contributed by atoms with Gasteiger partial charge in [0.25, 0.3) is 0 Å². The summed E-state index contributed by atoms with van der Waals surface area (Å²) >= 11 is 0. The Labute approximate surface area is 172 Å². The summed E-state index contributed by atoms with van der Waals surface area (Å²) in [6, 6.07) is 14.7. The molecule has 2 saturated heterocycles. The first-order valence-electron chi connectivity index (χ1n) is 10.7. The Morgan fingerprint density at radius 3 is 2.62 bits per heavy atom. The maximum absolute atomic E-state index is 4.96. The van der Waals surface area contributed by atoms with E-state index in [4.69, 9.17) is 5.10 Å². The molecule has 0 bridgehead atoms. The van der Waals surface area contributed by atoms with Gasteiger partial charge in [0.15, 0.2) is 0 Å². The monoisotopic (exact) mass is 387 g/mol. The Hall–Kier alpha value is -2.50. The number of piperidine rings is 1. The van der Waals surface area contributed by atoms with Gasteiger partial charge in [-0.2, -0.15) is 5.10 Å². The van der Waals surface area contributed by atoms with Crippen LogP contribution in [0.1, 0.15) is 30.4 Å². The highest BCUT2D eigenvalue weighted by atomic mass is 15.3. The zero-order chi connectivity index (χ0) is 19.5. The van der Waals surface area contributed by atoms with Crippen molar-refractivity contribution >= 4 is 0 Å². The molecular formula is C24H29N5. The first-order valence-corrected chi connectivity index (χ1v) is 10.7. The second-order valence-corrected chi connectivity index (χ2v) is 8.64. The summed E-state index contributed by atoms with van der Waals surface area (Å²) in [5.41, 5.74) is 5.28. The molecule has 0 radical (unpaired) electrons. The first kappa shape index (κ1) is 18.5. The van der Waals surface area contributed by atoms with Gasteiger partial charge in [-0.3, -0.25) is 14.6 Å². The van der Waals surface area contributed by atoms with Crippen LogP contribution in [0.25, 0.3) is 11.3 Å². The van der Waals surface area contributed by atoms with E-state index in [0.717, 1.165) is 24.3 Å². The average molecular weight is 388 g/mol. The Kier molecular flexibility index (Phi) is 5.17. The van der Waals surface area contributed by atoms with Crippen LogP contribution in [-0.4, -0.2) is 45.8 Å². The molecule has 5 heteroatoms. The highest BCUT2D eigenvalue weighted by molar-refractivity contribution is 5.61. The third kappa shape index (κ3) is 4.11. The standard InChI is InChI=1S/C24H29N5/c1-2-5-20(6-3-1)16-29-18-22(23(27-29)21-7-4-11-26-15-21)17-28-14-10-24(19-28)8-12-25-13-9-24/h1-7,11,15,18,25H,8-10,12-14,16-17,19H2. The van der Waals surface area contributed by atoms with Crippen LogP contribution in [0.2, 0.25) is 0 Å². The van der Waals surface area contributed by atoms with Gasteiger partial charge in [-0.1, -0.05) is 30.3 Å². The molecule has 29 heavy (non-hydrogen) atoms. The number of aromatic nitrogens is 3. The molecule has 0 unspecified atom stereocenters. The lowest BCUT2D eigenvalue weighted by molar-refractivity contribution is 0.194. The van der Waals surface area contributed by atoms with E-state index >= 15 is 0 Å². The highest BCUT2D eigenvalue weighted by Gasteiger charge is 2.38. The molecule has 0 atom stereocenters. The summed E-state index contributed by atoms with van der Waals surface area (Å²) in [4.78, 5) is 6.96. The lowest BCUT2D eigenvalue weighted by Gasteiger charge is -2.33.